The van der Waals surface area contributed by atoms with Crippen molar-refractivity contribution in [2.24, 2.45) is 5.41 Å². The van der Waals surface area contributed by atoms with Gasteiger partial charge in [0.1, 0.15) is 0 Å². The second-order valence-electron chi connectivity index (χ2n) is 4.76. The average molecular weight is 226 g/mol. The summed E-state index contributed by atoms with van der Waals surface area (Å²) in [4.78, 5) is 11.4. The van der Waals surface area contributed by atoms with Crippen LogP contribution in [0.3, 0.4) is 0 Å². The highest BCUT2D eigenvalue weighted by atomic mass is 16.5. The molecule has 0 saturated heterocycles. The first kappa shape index (κ1) is 15.2. The zero-order valence-electron chi connectivity index (χ0n) is 11.1. The van der Waals surface area contributed by atoms with Crippen LogP contribution in [0.5, 0.6) is 0 Å². The Hall–Kier alpha value is -0.790. The van der Waals surface area contributed by atoms with Gasteiger partial charge in [0.05, 0.1) is 6.61 Å². The highest BCUT2D eigenvalue weighted by Crippen LogP contribution is 2.28. The summed E-state index contributed by atoms with van der Waals surface area (Å²) in [6, 6.07) is 0. The Morgan fingerprint density at radius 3 is 2.62 bits per heavy atom. The van der Waals surface area contributed by atoms with E-state index in [0.29, 0.717) is 19.4 Å². The van der Waals surface area contributed by atoms with Crippen molar-refractivity contribution in [2.45, 2.75) is 59.3 Å². The first-order valence-electron chi connectivity index (χ1n) is 6.34. The molecule has 0 aromatic heterocycles. The summed E-state index contributed by atoms with van der Waals surface area (Å²) in [5, 5.41) is 0. The van der Waals surface area contributed by atoms with Gasteiger partial charge >= 0.3 is 5.97 Å². The third kappa shape index (κ3) is 6.65. The summed E-state index contributed by atoms with van der Waals surface area (Å²) >= 11 is 0. The van der Waals surface area contributed by atoms with Gasteiger partial charge in [-0.15, -0.1) is 6.58 Å². The Morgan fingerprint density at radius 1 is 1.44 bits per heavy atom. The van der Waals surface area contributed by atoms with Crippen LogP contribution >= 0.6 is 0 Å². The Kier molecular flexibility index (Phi) is 7.96. The van der Waals surface area contributed by atoms with Gasteiger partial charge in [0, 0.05) is 11.8 Å². The number of unbranched alkanes of at least 4 members (excludes halogenated alkanes) is 1. The Bertz CT molecular complexity index is 211. The van der Waals surface area contributed by atoms with Crippen molar-refractivity contribution < 1.29 is 9.53 Å². The second-order valence-corrected chi connectivity index (χ2v) is 4.76. The highest BCUT2D eigenvalue weighted by Gasteiger charge is 2.23. The lowest BCUT2D eigenvalue weighted by Gasteiger charge is -2.27. The molecule has 2 heteroatoms. The molecular weight excluding hydrogens is 200 g/mol. The van der Waals surface area contributed by atoms with E-state index < -0.39 is 0 Å². The summed E-state index contributed by atoms with van der Waals surface area (Å²) in [6.07, 6.45) is 7.50. The maximum atomic E-state index is 11.4. The maximum absolute atomic E-state index is 11.4. The molecule has 0 aliphatic heterocycles. The van der Waals surface area contributed by atoms with Crippen molar-refractivity contribution >= 4 is 5.97 Å². The molecule has 0 heterocycles. The van der Waals surface area contributed by atoms with E-state index in [9.17, 15) is 4.79 Å². The normalized spacial score (nSPS) is 14.2. The minimum absolute atomic E-state index is 0.101. The highest BCUT2D eigenvalue weighted by molar-refractivity contribution is 5.69. The smallest absolute Gasteiger partial charge is 0.306 e. The lowest BCUT2D eigenvalue weighted by molar-refractivity contribution is -0.147. The fourth-order valence-electron chi connectivity index (χ4n) is 1.50. The van der Waals surface area contributed by atoms with Crippen LogP contribution in [0.15, 0.2) is 12.7 Å². The minimum atomic E-state index is -0.101. The van der Waals surface area contributed by atoms with Gasteiger partial charge in [0.15, 0.2) is 0 Å². The van der Waals surface area contributed by atoms with E-state index in [2.05, 4.69) is 27.4 Å². The SMILES string of the molecule is C=CCCC(=O)OCC(C)(CC)CCCC. The monoisotopic (exact) mass is 226 g/mol. The summed E-state index contributed by atoms with van der Waals surface area (Å²) < 4.78 is 5.31. The number of rotatable bonds is 9. The quantitative estimate of drug-likeness (QED) is 0.437. The van der Waals surface area contributed by atoms with Gasteiger partial charge in [0.2, 0.25) is 0 Å². The van der Waals surface area contributed by atoms with E-state index >= 15 is 0 Å². The van der Waals surface area contributed by atoms with Crippen molar-refractivity contribution in [3.8, 4) is 0 Å². The van der Waals surface area contributed by atoms with Crippen LogP contribution < -0.4 is 0 Å². The van der Waals surface area contributed by atoms with Crippen LogP contribution in [0.4, 0.5) is 0 Å². The van der Waals surface area contributed by atoms with Gasteiger partial charge in [-0.2, -0.15) is 0 Å². The predicted octanol–water partition coefficient (Wildman–Crippen LogP) is 4.10. The fraction of sp³-hybridized carbons (Fsp3) is 0.786. The molecule has 0 spiro atoms. The topological polar surface area (TPSA) is 26.3 Å². The average Bonchev–Trinajstić information content (AvgIpc) is 2.31. The molecule has 0 aromatic carbocycles. The predicted molar refractivity (Wildman–Crippen MR) is 68.3 cm³/mol. The van der Waals surface area contributed by atoms with Gasteiger partial charge in [-0.3, -0.25) is 4.79 Å². The number of ether oxygens (including phenoxy) is 1. The maximum Gasteiger partial charge on any atom is 0.306 e. The third-order valence-electron chi connectivity index (χ3n) is 3.12. The molecule has 94 valence electrons. The van der Waals surface area contributed by atoms with Crippen LogP contribution in [0, 0.1) is 5.41 Å². The van der Waals surface area contributed by atoms with E-state index in [4.69, 9.17) is 4.74 Å². The Labute approximate surface area is 100 Å². The van der Waals surface area contributed by atoms with Gasteiger partial charge in [0.25, 0.3) is 0 Å². The first-order chi connectivity index (χ1) is 7.58. The second kappa shape index (κ2) is 8.37. The number of hydrogen-bond acceptors (Lipinski definition) is 2. The van der Waals surface area contributed by atoms with E-state index in [1.165, 1.54) is 12.8 Å². The number of carbonyl (C=O) groups is 1. The molecule has 0 aromatic rings. The van der Waals surface area contributed by atoms with Gasteiger partial charge in [-0.25, -0.2) is 0 Å². The fourth-order valence-corrected chi connectivity index (χ4v) is 1.50. The number of hydrogen-bond donors (Lipinski definition) is 0. The molecule has 0 fully saturated rings. The largest absolute Gasteiger partial charge is 0.465 e. The molecule has 0 radical (unpaired) electrons. The molecule has 0 amide bonds. The van der Waals surface area contributed by atoms with E-state index in [1.54, 1.807) is 6.08 Å². The standard InChI is InChI=1S/C14H26O2/c1-5-8-10-13(15)16-12-14(4,7-3)11-9-6-2/h5H,1,6-12H2,2-4H3. The molecular formula is C14H26O2. The van der Waals surface area contributed by atoms with Crippen LogP contribution in [-0.4, -0.2) is 12.6 Å². The molecule has 1 unspecified atom stereocenters. The van der Waals surface area contributed by atoms with Crippen molar-refractivity contribution in [3.05, 3.63) is 12.7 Å². The minimum Gasteiger partial charge on any atom is -0.465 e. The lowest BCUT2D eigenvalue weighted by Crippen LogP contribution is -2.24. The van der Waals surface area contributed by atoms with E-state index in [-0.39, 0.29) is 11.4 Å². The Morgan fingerprint density at radius 2 is 2.12 bits per heavy atom. The summed E-state index contributed by atoms with van der Waals surface area (Å²) in [6.45, 7) is 10.7. The molecule has 0 aliphatic rings. The number of carbonyl (C=O) groups excluding carboxylic acids is 1. The molecule has 0 saturated carbocycles. The lowest BCUT2D eigenvalue weighted by atomic mass is 9.83. The van der Waals surface area contributed by atoms with Crippen molar-refractivity contribution in [1.29, 1.82) is 0 Å². The molecule has 0 rings (SSSR count). The third-order valence-corrected chi connectivity index (χ3v) is 3.12. The van der Waals surface area contributed by atoms with Crippen LogP contribution in [0.1, 0.15) is 59.3 Å². The zero-order valence-corrected chi connectivity index (χ0v) is 11.1. The zero-order chi connectivity index (χ0) is 12.4. The Balaban J connectivity index is 3.92. The summed E-state index contributed by atoms with van der Waals surface area (Å²) in [5.74, 6) is -0.101. The van der Waals surface area contributed by atoms with Crippen LogP contribution in [-0.2, 0) is 9.53 Å². The van der Waals surface area contributed by atoms with Gasteiger partial charge in [-0.1, -0.05) is 39.7 Å². The molecule has 2 nitrogen and oxygen atoms in total. The van der Waals surface area contributed by atoms with Crippen LogP contribution in [0.25, 0.3) is 0 Å². The van der Waals surface area contributed by atoms with Crippen LogP contribution in [0.2, 0.25) is 0 Å². The summed E-state index contributed by atoms with van der Waals surface area (Å²) in [5.41, 5.74) is 0.153. The van der Waals surface area contributed by atoms with Crippen molar-refractivity contribution in [1.82, 2.24) is 0 Å². The van der Waals surface area contributed by atoms with Gasteiger partial charge in [-0.05, 0) is 19.3 Å². The molecule has 0 aliphatic carbocycles. The van der Waals surface area contributed by atoms with Crippen molar-refractivity contribution in [3.63, 3.8) is 0 Å². The van der Waals surface area contributed by atoms with E-state index in [1.807, 2.05) is 0 Å². The van der Waals surface area contributed by atoms with Crippen molar-refractivity contribution in [2.75, 3.05) is 6.61 Å². The molecule has 0 bridgehead atoms. The first-order valence-corrected chi connectivity index (χ1v) is 6.34. The van der Waals surface area contributed by atoms with E-state index in [0.717, 1.165) is 12.8 Å². The number of esters is 1. The molecule has 16 heavy (non-hydrogen) atoms. The molecule has 0 N–H and O–H groups in total. The number of allylic oxidation sites excluding steroid dienone is 1. The van der Waals surface area contributed by atoms with Gasteiger partial charge < -0.3 is 4.74 Å². The summed E-state index contributed by atoms with van der Waals surface area (Å²) in [7, 11) is 0. The molecule has 1 atom stereocenters.